The molecular formula is C17H15BrF3NO. The second-order valence-electron chi connectivity index (χ2n) is 5.22. The minimum Gasteiger partial charge on any atom is -0.349 e. The molecule has 1 amide bonds. The highest BCUT2D eigenvalue weighted by atomic mass is 79.9. The van der Waals surface area contributed by atoms with Gasteiger partial charge >= 0.3 is 6.18 Å². The Bertz CT molecular complexity index is 700. The van der Waals surface area contributed by atoms with E-state index in [9.17, 15) is 18.0 Å². The molecule has 2 rings (SSSR count). The fourth-order valence-corrected chi connectivity index (χ4v) is 2.61. The Kier molecular flexibility index (Phi) is 5.46. The van der Waals surface area contributed by atoms with Gasteiger partial charge in [-0.2, -0.15) is 13.2 Å². The van der Waals surface area contributed by atoms with Gasteiger partial charge in [-0.05, 0) is 36.2 Å². The van der Waals surface area contributed by atoms with E-state index in [0.29, 0.717) is 5.56 Å². The van der Waals surface area contributed by atoms with Crippen molar-refractivity contribution in [2.45, 2.75) is 25.6 Å². The van der Waals surface area contributed by atoms with Crippen LogP contribution in [0.4, 0.5) is 13.2 Å². The number of nitrogens with one attached hydrogen (secondary N) is 1. The van der Waals surface area contributed by atoms with E-state index >= 15 is 0 Å². The summed E-state index contributed by atoms with van der Waals surface area (Å²) in [4.78, 5) is 12.0. The fraction of sp³-hybridized carbons (Fsp3) is 0.235. The molecule has 0 aromatic heterocycles. The molecule has 0 saturated carbocycles. The monoisotopic (exact) mass is 385 g/mol. The summed E-state index contributed by atoms with van der Waals surface area (Å²) < 4.78 is 38.9. The maximum absolute atomic E-state index is 12.7. The lowest BCUT2D eigenvalue weighted by atomic mass is 10.1. The molecule has 6 heteroatoms. The molecule has 0 unspecified atom stereocenters. The summed E-state index contributed by atoms with van der Waals surface area (Å²) >= 11 is 3.36. The highest BCUT2D eigenvalue weighted by Crippen LogP contribution is 2.29. The standard InChI is InChI=1S/C17H15BrF3NO/c1-11(13-5-3-7-15(18)10-13)22-16(23)9-12-4-2-6-14(8-12)17(19,20)21/h2-8,10-11H,9H2,1H3,(H,22,23)/t11-/m1/s1. The van der Waals surface area contributed by atoms with E-state index in [-0.39, 0.29) is 18.4 Å². The average Bonchev–Trinajstić information content (AvgIpc) is 2.46. The van der Waals surface area contributed by atoms with E-state index < -0.39 is 11.7 Å². The summed E-state index contributed by atoms with van der Waals surface area (Å²) in [5, 5.41) is 2.79. The number of halogens is 4. The second-order valence-corrected chi connectivity index (χ2v) is 6.13. The molecule has 23 heavy (non-hydrogen) atoms. The lowest BCUT2D eigenvalue weighted by Crippen LogP contribution is -2.28. The number of amides is 1. The average molecular weight is 386 g/mol. The molecule has 2 aromatic rings. The van der Waals surface area contributed by atoms with Gasteiger partial charge < -0.3 is 5.32 Å². The highest BCUT2D eigenvalue weighted by Gasteiger charge is 2.30. The number of alkyl halides is 3. The van der Waals surface area contributed by atoms with Crippen LogP contribution in [0.2, 0.25) is 0 Å². The Hall–Kier alpha value is -1.82. The van der Waals surface area contributed by atoms with Crippen LogP contribution >= 0.6 is 15.9 Å². The third-order valence-corrected chi connectivity index (χ3v) is 3.84. The highest BCUT2D eigenvalue weighted by molar-refractivity contribution is 9.10. The Labute approximate surface area is 140 Å². The Morgan fingerprint density at radius 1 is 1.17 bits per heavy atom. The molecular weight excluding hydrogens is 371 g/mol. The first-order valence-electron chi connectivity index (χ1n) is 6.96. The molecule has 2 aromatic carbocycles. The van der Waals surface area contributed by atoms with Gasteiger partial charge in [-0.15, -0.1) is 0 Å². The van der Waals surface area contributed by atoms with Crippen molar-refractivity contribution in [3.8, 4) is 0 Å². The summed E-state index contributed by atoms with van der Waals surface area (Å²) in [7, 11) is 0. The molecule has 1 N–H and O–H groups in total. The van der Waals surface area contributed by atoms with Crippen molar-refractivity contribution in [2.24, 2.45) is 0 Å². The van der Waals surface area contributed by atoms with Crippen molar-refractivity contribution < 1.29 is 18.0 Å². The minimum atomic E-state index is -4.41. The summed E-state index contributed by atoms with van der Waals surface area (Å²) in [6, 6.07) is 12.1. The number of carbonyl (C=O) groups is 1. The Balaban J connectivity index is 2.02. The van der Waals surface area contributed by atoms with E-state index in [0.717, 1.165) is 22.2 Å². The quantitative estimate of drug-likeness (QED) is 0.797. The van der Waals surface area contributed by atoms with Crippen LogP contribution in [-0.4, -0.2) is 5.91 Å². The third-order valence-electron chi connectivity index (χ3n) is 3.35. The summed E-state index contributed by atoms with van der Waals surface area (Å²) in [6.45, 7) is 1.83. The van der Waals surface area contributed by atoms with Gasteiger partial charge in [0.15, 0.2) is 0 Å². The molecule has 1 atom stereocenters. The predicted octanol–water partition coefficient (Wildman–Crippen LogP) is 4.89. The van der Waals surface area contributed by atoms with Crippen LogP contribution in [0.5, 0.6) is 0 Å². The van der Waals surface area contributed by atoms with Crippen LogP contribution in [0, 0.1) is 0 Å². The normalized spacial score (nSPS) is 12.7. The molecule has 0 fully saturated rings. The maximum atomic E-state index is 12.7. The molecule has 0 spiro atoms. The predicted molar refractivity (Wildman–Crippen MR) is 85.8 cm³/mol. The number of carbonyl (C=O) groups excluding carboxylic acids is 1. The van der Waals surface area contributed by atoms with Crippen molar-refractivity contribution in [3.63, 3.8) is 0 Å². The first kappa shape index (κ1) is 17.5. The first-order chi connectivity index (χ1) is 10.8. The number of hydrogen-bond donors (Lipinski definition) is 1. The molecule has 2 nitrogen and oxygen atoms in total. The molecule has 0 aliphatic carbocycles. The van der Waals surface area contributed by atoms with Crippen molar-refractivity contribution >= 4 is 21.8 Å². The van der Waals surface area contributed by atoms with Crippen LogP contribution in [0.1, 0.15) is 29.7 Å². The van der Waals surface area contributed by atoms with E-state index in [1.54, 1.807) is 0 Å². The van der Waals surface area contributed by atoms with Crippen LogP contribution in [-0.2, 0) is 17.4 Å². The van der Waals surface area contributed by atoms with Gasteiger partial charge in [-0.3, -0.25) is 4.79 Å². The van der Waals surface area contributed by atoms with E-state index in [1.165, 1.54) is 12.1 Å². The summed E-state index contributed by atoms with van der Waals surface area (Å²) in [5.74, 6) is -0.322. The van der Waals surface area contributed by atoms with Crippen molar-refractivity contribution in [3.05, 3.63) is 69.7 Å². The van der Waals surface area contributed by atoms with Crippen molar-refractivity contribution in [2.75, 3.05) is 0 Å². The van der Waals surface area contributed by atoms with Gasteiger partial charge in [0, 0.05) is 4.47 Å². The molecule has 122 valence electrons. The van der Waals surface area contributed by atoms with Gasteiger partial charge in [-0.1, -0.05) is 46.3 Å². The summed E-state index contributed by atoms with van der Waals surface area (Å²) in [6.07, 6.45) is -4.50. The molecule has 0 aliphatic rings. The van der Waals surface area contributed by atoms with Gasteiger partial charge in [-0.25, -0.2) is 0 Å². The molecule has 0 heterocycles. The van der Waals surface area contributed by atoms with Gasteiger partial charge in [0.05, 0.1) is 18.0 Å². The van der Waals surface area contributed by atoms with Crippen LogP contribution in [0.3, 0.4) is 0 Å². The van der Waals surface area contributed by atoms with Crippen LogP contribution < -0.4 is 5.32 Å². The first-order valence-corrected chi connectivity index (χ1v) is 7.76. The van der Waals surface area contributed by atoms with E-state index in [4.69, 9.17) is 0 Å². The SMILES string of the molecule is C[C@@H](NC(=O)Cc1cccc(C(F)(F)F)c1)c1cccc(Br)c1. The lowest BCUT2D eigenvalue weighted by molar-refractivity contribution is -0.137. The minimum absolute atomic E-state index is 0.0950. The zero-order valence-corrected chi connectivity index (χ0v) is 13.9. The molecule has 0 radical (unpaired) electrons. The Morgan fingerprint density at radius 2 is 1.87 bits per heavy atom. The van der Waals surface area contributed by atoms with E-state index in [1.807, 2.05) is 31.2 Å². The van der Waals surface area contributed by atoms with Crippen molar-refractivity contribution in [1.29, 1.82) is 0 Å². The summed E-state index contributed by atoms with van der Waals surface area (Å²) in [5.41, 5.74) is 0.498. The zero-order chi connectivity index (χ0) is 17.0. The zero-order valence-electron chi connectivity index (χ0n) is 12.3. The molecule has 0 aliphatic heterocycles. The van der Waals surface area contributed by atoms with Gasteiger partial charge in [0.1, 0.15) is 0 Å². The second kappa shape index (κ2) is 7.17. The molecule has 0 saturated heterocycles. The van der Waals surface area contributed by atoms with Crippen LogP contribution in [0.25, 0.3) is 0 Å². The lowest BCUT2D eigenvalue weighted by Gasteiger charge is -2.15. The van der Waals surface area contributed by atoms with Crippen LogP contribution in [0.15, 0.2) is 53.0 Å². The Morgan fingerprint density at radius 3 is 2.52 bits per heavy atom. The smallest absolute Gasteiger partial charge is 0.349 e. The fourth-order valence-electron chi connectivity index (χ4n) is 2.19. The van der Waals surface area contributed by atoms with Gasteiger partial charge in [0.25, 0.3) is 0 Å². The van der Waals surface area contributed by atoms with Gasteiger partial charge in [0.2, 0.25) is 5.91 Å². The van der Waals surface area contributed by atoms with Crippen molar-refractivity contribution in [1.82, 2.24) is 5.32 Å². The topological polar surface area (TPSA) is 29.1 Å². The molecule has 0 bridgehead atoms. The third kappa shape index (κ3) is 5.10. The maximum Gasteiger partial charge on any atom is 0.416 e. The van der Waals surface area contributed by atoms with E-state index in [2.05, 4.69) is 21.2 Å². The largest absolute Gasteiger partial charge is 0.416 e. The number of rotatable bonds is 4. The number of benzene rings is 2. The number of hydrogen-bond acceptors (Lipinski definition) is 1.